The first-order valence-corrected chi connectivity index (χ1v) is 10.0. The molecule has 26 heavy (non-hydrogen) atoms. The SMILES string of the molecule is O=C(CN1CCc2nc(NC(=O)c3cccs3)sc2C1)c1ccccc1. The maximum atomic E-state index is 12.4. The van der Waals surface area contributed by atoms with Gasteiger partial charge in [-0.05, 0) is 11.4 Å². The van der Waals surface area contributed by atoms with Crippen LogP contribution in [0.1, 0.15) is 30.6 Å². The topological polar surface area (TPSA) is 62.3 Å². The summed E-state index contributed by atoms with van der Waals surface area (Å²) in [7, 11) is 0. The molecule has 0 radical (unpaired) electrons. The number of nitrogens with zero attached hydrogens (tertiary/aromatic N) is 2. The third-order valence-electron chi connectivity index (χ3n) is 4.24. The summed E-state index contributed by atoms with van der Waals surface area (Å²) in [5, 5.41) is 5.38. The lowest BCUT2D eigenvalue weighted by molar-refractivity contribution is 0.0921. The van der Waals surface area contributed by atoms with Crippen LogP contribution in [0.25, 0.3) is 0 Å². The molecule has 0 unspecified atom stereocenters. The Morgan fingerprint density at radius 3 is 2.77 bits per heavy atom. The Bertz CT molecular complexity index is 920. The number of hydrogen-bond donors (Lipinski definition) is 1. The van der Waals surface area contributed by atoms with Crippen LogP contribution in [0.15, 0.2) is 47.8 Å². The molecule has 132 valence electrons. The van der Waals surface area contributed by atoms with E-state index >= 15 is 0 Å². The van der Waals surface area contributed by atoms with Crippen LogP contribution < -0.4 is 5.32 Å². The summed E-state index contributed by atoms with van der Waals surface area (Å²) >= 11 is 2.91. The van der Waals surface area contributed by atoms with E-state index in [0.717, 1.165) is 29.1 Å². The molecule has 0 atom stereocenters. The van der Waals surface area contributed by atoms with E-state index in [4.69, 9.17) is 0 Å². The number of nitrogens with one attached hydrogen (secondary N) is 1. The molecule has 0 aliphatic carbocycles. The number of aromatic nitrogens is 1. The molecule has 7 heteroatoms. The molecule has 1 aliphatic heterocycles. The number of Topliss-reactive ketones (excluding diaryl/α,β-unsaturated/α-hetero) is 1. The predicted molar refractivity (Wildman–Crippen MR) is 104 cm³/mol. The van der Waals surface area contributed by atoms with E-state index in [-0.39, 0.29) is 11.7 Å². The van der Waals surface area contributed by atoms with Gasteiger partial charge in [0.15, 0.2) is 10.9 Å². The van der Waals surface area contributed by atoms with Crippen molar-refractivity contribution in [1.29, 1.82) is 0 Å². The van der Waals surface area contributed by atoms with E-state index in [2.05, 4.69) is 15.2 Å². The second-order valence-corrected chi connectivity index (χ2v) is 8.10. The molecule has 2 aromatic heterocycles. The summed E-state index contributed by atoms with van der Waals surface area (Å²) in [6, 6.07) is 13.0. The van der Waals surface area contributed by atoms with Gasteiger partial charge in [0.1, 0.15) is 0 Å². The standard InChI is InChI=1S/C19H17N3O2S2/c23-15(13-5-2-1-3-6-13)11-22-9-8-14-17(12-22)26-19(20-14)21-18(24)16-7-4-10-25-16/h1-7,10H,8-9,11-12H2,(H,20,21,24). The minimum absolute atomic E-state index is 0.123. The molecule has 0 saturated heterocycles. The number of carbonyl (C=O) groups excluding carboxylic acids is 2. The number of ketones is 1. The van der Waals surface area contributed by atoms with Crippen LogP contribution in [0.5, 0.6) is 0 Å². The zero-order valence-electron chi connectivity index (χ0n) is 14.0. The Kier molecular flexibility index (Phi) is 4.92. The molecule has 1 amide bonds. The van der Waals surface area contributed by atoms with Gasteiger partial charge in [-0.1, -0.05) is 36.4 Å². The van der Waals surface area contributed by atoms with Crippen molar-refractivity contribution in [2.45, 2.75) is 13.0 Å². The molecule has 1 N–H and O–H groups in total. The van der Waals surface area contributed by atoms with E-state index in [1.165, 1.54) is 22.7 Å². The fourth-order valence-corrected chi connectivity index (χ4v) is 4.59. The number of carbonyl (C=O) groups is 2. The average Bonchev–Trinajstić information content (AvgIpc) is 3.31. The average molecular weight is 383 g/mol. The Hall–Kier alpha value is -2.35. The van der Waals surface area contributed by atoms with Crippen LogP contribution in [0, 0.1) is 0 Å². The zero-order valence-corrected chi connectivity index (χ0v) is 15.6. The number of thiazole rings is 1. The van der Waals surface area contributed by atoms with E-state index in [9.17, 15) is 9.59 Å². The fourth-order valence-electron chi connectivity index (χ4n) is 2.92. The predicted octanol–water partition coefficient (Wildman–Crippen LogP) is 3.70. The van der Waals surface area contributed by atoms with Crippen molar-refractivity contribution in [3.8, 4) is 0 Å². The van der Waals surface area contributed by atoms with Crippen LogP contribution in [-0.4, -0.2) is 34.7 Å². The highest BCUT2D eigenvalue weighted by molar-refractivity contribution is 7.16. The number of amides is 1. The van der Waals surface area contributed by atoms with Gasteiger partial charge >= 0.3 is 0 Å². The third-order valence-corrected chi connectivity index (χ3v) is 6.11. The highest BCUT2D eigenvalue weighted by atomic mass is 32.1. The Labute approximate surface area is 159 Å². The molecule has 0 saturated carbocycles. The van der Waals surface area contributed by atoms with Gasteiger partial charge in [-0.15, -0.1) is 22.7 Å². The van der Waals surface area contributed by atoms with Crippen molar-refractivity contribution in [2.24, 2.45) is 0 Å². The highest BCUT2D eigenvalue weighted by Gasteiger charge is 2.23. The van der Waals surface area contributed by atoms with Gasteiger partial charge in [-0.3, -0.25) is 19.8 Å². The van der Waals surface area contributed by atoms with E-state index < -0.39 is 0 Å². The Morgan fingerprint density at radius 2 is 2.00 bits per heavy atom. The lowest BCUT2D eigenvalue weighted by Crippen LogP contribution is -2.34. The van der Waals surface area contributed by atoms with E-state index in [1.54, 1.807) is 6.07 Å². The molecule has 1 aromatic carbocycles. The maximum Gasteiger partial charge on any atom is 0.267 e. The van der Waals surface area contributed by atoms with Gasteiger partial charge in [0.05, 0.1) is 17.1 Å². The fraction of sp³-hybridized carbons (Fsp3) is 0.211. The molecule has 0 spiro atoms. The third kappa shape index (κ3) is 3.75. The largest absolute Gasteiger partial charge is 0.297 e. The number of fused-ring (bicyclic) bond motifs is 1. The Morgan fingerprint density at radius 1 is 1.15 bits per heavy atom. The first-order chi connectivity index (χ1) is 12.7. The summed E-state index contributed by atoms with van der Waals surface area (Å²) in [6.07, 6.45) is 0.794. The molecular formula is C19H17N3O2S2. The quantitative estimate of drug-likeness (QED) is 0.683. The van der Waals surface area contributed by atoms with Gasteiger partial charge in [0, 0.05) is 30.0 Å². The number of hydrogen-bond acceptors (Lipinski definition) is 6. The van der Waals surface area contributed by atoms with E-state index in [0.29, 0.717) is 23.1 Å². The number of thiophene rings is 1. The molecular weight excluding hydrogens is 366 g/mol. The zero-order chi connectivity index (χ0) is 17.9. The second kappa shape index (κ2) is 7.49. The molecule has 3 heterocycles. The second-order valence-electron chi connectivity index (χ2n) is 6.07. The van der Waals surface area contributed by atoms with Crippen LogP contribution in [0.4, 0.5) is 5.13 Å². The molecule has 0 fully saturated rings. The van der Waals surface area contributed by atoms with Crippen LogP contribution in [-0.2, 0) is 13.0 Å². The monoisotopic (exact) mass is 383 g/mol. The Balaban J connectivity index is 1.40. The minimum atomic E-state index is -0.123. The lowest BCUT2D eigenvalue weighted by atomic mass is 10.1. The van der Waals surface area contributed by atoms with E-state index in [1.807, 2.05) is 41.8 Å². The smallest absolute Gasteiger partial charge is 0.267 e. The van der Waals surface area contributed by atoms with Crippen LogP contribution in [0.3, 0.4) is 0 Å². The maximum absolute atomic E-state index is 12.4. The minimum Gasteiger partial charge on any atom is -0.297 e. The number of rotatable bonds is 5. The highest BCUT2D eigenvalue weighted by Crippen LogP contribution is 2.29. The summed E-state index contributed by atoms with van der Waals surface area (Å²) in [4.78, 5) is 33.1. The summed E-state index contributed by atoms with van der Waals surface area (Å²) < 4.78 is 0. The van der Waals surface area contributed by atoms with Gasteiger partial charge in [0.25, 0.3) is 5.91 Å². The first kappa shape index (κ1) is 17.1. The molecule has 4 rings (SSSR count). The normalized spacial score (nSPS) is 14.0. The summed E-state index contributed by atoms with van der Waals surface area (Å²) in [5.41, 5.74) is 1.77. The molecule has 1 aliphatic rings. The van der Waals surface area contributed by atoms with Gasteiger partial charge in [-0.25, -0.2) is 4.98 Å². The first-order valence-electron chi connectivity index (χ1n) is 8.33. The van der Waals surface area contributed by atoms with Crippen molar-refractivity contribution in [1.82, 2.24) is 9.88 Å². The van der Waals surface area contributed by atoms with Crippen molar-refractivity contribution >= 4 is 39.5 Å². The van der Waals surface area contributed by atoms with Crippen molar-refractivity contribution in [3.63, 3.8) is 0 Å². The van der Waals surface area contributed by atoms with Gasteiger partial charge < -0.3 is 0 Å². The molecule has 0 bridgehead atoms. The number of benzene rings is 1. The van der Waals surface area contributed by atoms with Gasteiger partial charge in [-0.2, -0.15) is 0 Å². The lowest BCUT2D eigenvalue weighted by Gasteiger charge is -2.24. The van der Waals surface area contributed by atoms with Gasteiger partial charge in [0.2, 0.25) is 0 Å². The molecule has 5 nitrogen and oxygen atoms in total. The van der Waals surface area contributed by atoms with Crippen molar-refractivity contribution in [3.05, 3.63) is 68.9 Å². The van der Waals surface area contributed by atoms with Crippen molar-refractivity contribution in [2.75, 3.05) is 18.4 Å². The molecule has 3 aromatic rings. The van der Waals surface area contributed by atoms with Crippen molar-refractivity contribution < 1.29 is 9.59 Å². The summed E-state index contributed by atoms with van der Waals surface area (Å²) in [6.45, 7) is 1.90. The summed E-state index contributed by atoms with van der Waals surface area (Å²) in [5.74, 6) is 0.00648. The van der Waals surface area contributed by atoms with Crippen LogP contribution in [0.2, 0.25) is 0 Å². The number of anilines is 1. The van der Waals surface area contributed by atoms with Crippen LogP contribution >= 0.6 is 22.7 Å².